The molecule has 1 aromatic heterocycles. The van der Waals surface area contributed by atoms with Crippen LogP contribution in [0.4, 0.5) is 0 Å². The molecule has 25 heavy (non-hydrogen) atoms. The molecule has 2 atom stereocenters. The summed E-state index contributed by atoms with van der Waals surface area (Å²) in [6, 6.07) is 9.75. The molecule has 1 saturated heterocycles. The van der Waals surface area contributed by atoms with Crippen LogP contribution in [0.1, 0.15) is 35.7 Å². The van der Waals surface area contributed by atoms with E-state index in [1.165, 1.54) is 18.3 Å². The van der Waals surface area contributed by atoms with E-state index in [4.69, 9.17) is 4.74 Å². The van der Waals surface area contributed by atoms with Crippen LogP contribution in [0.25, 0.3) is 0 Å². The van der Waals surface area contributed by atoms with Gasteiger partial charge in [0.2, 0.25) is 5.56 Å². The predicted octanol–water partition coefficient (Wildman–Crippen LogP) is 1.90. The lowest BCUT2D eigenvalue weighted by Crippen LogP contribution is -2.48. The molecule has 1 amide bonds. The predicted molar refractivity (Wildman–Crippen MR) is 93.7 cm³/mol. The Hall–Kier alpha value is -2.60. The number of carbonyl (C=O) groups is 1. The first-order valence-corrected chi connectivity index (χ1v) is 8.30. The second-order valence-corrected chi connectivity index (χ2v) is 6.47. The molecule has 2 N–H and O–H groups in total. The number of rotatable bonds is 4. The molecule has 132 valence electrons. The summed E-state index contributed by atoms with van der Waals surface area (Å²) < 4.78 is 5.16. The number of likely N-dealkylation sites (tertiary alicyclic amines) is 1. The van der Waals surface area contributed by atoms with Crippen molar-refractivity contribution < 1.29 is 14.6 Å². The van der Waals surface area contributed by atoms with E-state index < -0.39 is 5.60 Å². The van der Waals surface area contributed by atoms with Gasteiger partial charge in [0.25, 0.3) is 5.91 Å². The molecule has 1 aliphatic heterocycles. The Morgan fingerprint density at radius 2 is 2.00 bits per heavy atom. The molecule has 6 nitrogen and oxygen atoms in total. The van der Waals surface area contributed by atoms with Crippen LogP contribution in [0.5, 0.6) is 5.75 Å². The van der Waals surface area contributed by atoms with Crippen molar-refractivity contribution in [1.29, 1.82) is 0 Å². The molecule has 0 spiro atoms. The summed E-state index contributed by atoms with van der Waals surface area (Å²) in [5, 5.41) is 11.2. The summed E-state index contributed by atoms with van der Waals surface area (Å²) in [5.41, 5.74) is -0.281. The van der Waals surface area contributed by atoms with Gasteiger partial charge in [-0.2, -0.15) is 0 Å². The zero-order valence-electron chi connectivity index (χ0n) is 14.4. The number of benzene rings is 1. The Bertz CT molecular complexity index is 790. The summed E-state index contributed by atoms with van der Waals surface area (Å²) in [5.74, 6) is 0.527. The number of H-pyrrole nitrogens is 1. The summed E-state index contributed by atoms with van der Waals surface area (Å²) in [7, 11) is 1.59. The number of aromatic nitrogens is 1. The number of hydrogen-bond donors (Lipinski definition) is 2. The zero-order chi connectivity index (χ0) is 18.0. The van der Waals surface area contributed by atoms with Crippen molar-refractivity contribution in [2.45, 2.75) is 31.4 Å². The van der Waals surface area contributed by atoms with Crippen LogP contribution in [-0.2, 0) is 5.60 Å². The van der Waals surface area contributed by atoms with Gasteiger partial charge in [0.05, 0.1) is 18.7 Å². The van der Waals surface area contributed by atoms with Gasteiger partial charge in [0.1, 0.15) is 11.4 Å². The second-order valence-electron chi connectivity index (χ2n) is 6.47. The van der Waals surface area contributed by atoms with Crippen LogP contribution in [0.3, 0.4) is 0 Å². The third kappa shape index (κ3) is 3.30. The van der Waals surface area contributed by atoms with Crippen molar-refractivity contribution in [3.8, 4) is 5.75 Å². The summed E-state index contributed by atoms with van der Waals surface area (Å²) in [4.78, 5) is 28.2. The topological polar surface area (TPSA) is 82.6 Å². The number of carbonyl (C=O) groups excluding carboxylic acids is 1. The molecule has 0 bridgehead atoms. The fraction of sp³-hybridized carbons (Fsp3) is 0.368. The van der Waals surface area contributed by atoms with Crippen LogP contribution < -0.4 is 10.3 Å². The van der Waals surface area contributed by atoms with E-state index in [1.807, 2.05) is 12.1 Å². The van der Waals surface area contributed by atoms with Crippen LogP contribution in [0, 0.1) is 0 Å². The monoisotopic (exact) mass is 342 g/mol. The Morgan fingerprint density at radius 1 is 1.28 bits per heavy atom. The molecule has 0 unspecified atom stereocenters. The largest absolute Gasteiger partial charge is 0.497 e. The Morgan fingerprint density at radius 3 is 2.60 bits per heavy atom. The minimum atomic E-state index is -1.18. The lowest BCUT2D eigenvalue weighted by Gasteiger charge is -2.37. The molecule has 0 radical (unpaired) electrons. The maximum atomic E-state index is 12.8. The lowest BCUT2D eigenvalue weighted by molar-refractivity contribution is -0.0177. The van der Waals surface area contributed by atoms with Crippen LogP contribution in [0.15, 0.2) is 47.4 Å². The maximum absolute atomic E-state index is 12.8. The third-order valence-corrected chi connectivity index (χ3v) is 4.87. The highest BCUT2D eigenvalue weighted by Gasteiger charge is 2.42. The molecule has 1 aliphatic rings. The van der Waals surface area contributed by atoms with Gasteiger partial charge in [-0.15, -0.1) is 0 Å². The number of ether oxygens (including phenoxy) is 1. The average molecular weight is 342 g/mol. The van der Waals surface area contributed by atoms with Gasteiger partial charge in [0.15, 0.2) is 0 Å². The highest BCUT2D eigenvalue weighted by Crippen LogP contribution is 2.36. The van der Waals surface area contributed by atoms with Gasteiger partial charge >= 0.3 is 0 Å². The van der Waals surface area contributed by atoms with E-state index in [2.05, 4.69) is 4.98 Å². The number of amides is 1. The zero-order valence-corrected chi connectivity index (χ0v) is 14.4. The molecule has 0 aliphatic carbocycles. The van der Waals surface area contributed by atoms with Gasteiger partial charge in [-0.25, -0.2) is 0 Å². The van der Waals surface area contributed by atoms with Gasteiger partial charge in [-0.05, 0) is 43.5 Å². The van der Waals surface area contributed by atoms with Crippen molar-refractivity contribution in [3.05, 3.63) is 64.1 Å². The third-order valence-electron chi connectivity index (χ3n) is 4.87. The number of methoxy groups -OCH3 is 1. The first-order valence-electron chi connectivity index (χ1n) is 8.30. The molecule has 3 rings (SSSR count). The summed E-state index contributed by atoms with van der Waals surface area (Å²) in [6.45, 7) is 2.31. The average Bonchev–Trinajstić information content (AvgIpc) is 3.12. The fourth-order valence-electron chi connectivity index (χ4n) is 3.42. The molecular formula is C19H22N2O4. The molecular weight excluding hydrogens is 320 g/mol. The van der Waals surface area contributed by atoms with Crippen LogP contribution in [-0.4, -0.2) is 40.6 Å². The van der Waals surface area contributed by atoms with Gasteiger partial charge in [0, 0.05) is 18.8 Å². The number of nitrogens with one attached hydrogen (secondary N) is 1. The normalized spacial score (nSPS) is 19.5. The van der Waals surface area contributed by atoms with Gasteiger partial charge in [-0.1, -0.05) is 12.1 Å². The fourth-order valence-corrected chi connectivity index (χ4v) is 3.42. The first kappa shape index (κ1) is 17.2. The summed E-state index contributed by atoms with van der Waals surface area (Å²) >= 11 is 0. The van der Waals surface area contributed by atoms with Crippen LogP contribution in [0.2, 0.25) is 0 Å². The highest BCUT2D eigenvalue weighted by molar-refractivity contribution is 5.94. The highest BCUT2D eigenvalue weighted by atomic mass is 16.5. The smallest absolute Gasteiger partial charge is 0.255 e. The van der Waals surface area contributed by atoms with Crippen molar-refractivity contribution in [2.24, 2.45) is 0 Å². The van der Waals surface area contributed by atoms with Crippen molar-refractivity contribution in [1.82, 2.24) is 9.88 Å². The van der Waals surface area contributed by atoms with E-state index in [0.29, 0.717) is 24.3 Å². The van der Waals surface area contributed by atoms with Crippen LogP contribution >= 0.6 is 0 Å². The lowest BCUT2D eigenvalue weighted by atomic mass is 9.86. The van der Waals surface area contributed by atoms with Gasteiger partial charge in [-0.3, -0.25) is 9.59 Å². The van der Waals surface area contributed by atoms with E-state index in [0.717, 1.165) is 12.0 Å². The number of aliphatic hydroxyl groups is 1. The number of nitrogens with zero attached hydrogens (tertiary/aromatic N) is 1. The Balaban J connectivity index is 1.87. The van der Waals surface area contributed by atoms with Gasteiger partial charge < -0.3 is 19.7 Å². The molecule has 2 aromatic rings. The van der Waals surface area contributed by atoms with Crippen molar-refractivity contribution in [3.63, 3.8) is 0 Å². The van der Waals surface area contributed by atoms with E-state index in [1.54, 1.807) is 31.1 Å². The van der Waals surface area contributed by atoms with Crippen molar-refractivity contribution >= 4 is 5.91 Å². The summed E-state index contributed by atoms with van der Waals surface area (Å²) in [6.07, 6.45) is 2.96. The minimum absolute atomic E-state index is 0.187. The molecule has 1 aromatic carbocycles. The SMILES string of the molecule is COc1ccc([C@@](C)(O)[C@@H]2CCCN2C(=O)c2ccc(=O)[nH]c2)cc1. The number of hydrogen-bond acceptors (Lipinski definition) is 4. The minimum Gasteiger partial charge on any atom is -0.497 e. The quantitative estimate of drug-likeness (QED) is 0.889. The number of pyridine rings is 1. The Labute approximate surface area is 146 Å². The maximum Gasteiger partial charge on any atom is 0.255 e. The van der Waals surface area contributed by atoms with E-state index in [-0.39, 0.29) is 17.5 Å². The van der Waals surface area contributed by atoms with E-state index >= 15 is 0 Å². The van der Waals surface area contributed by atoms with E-state index in [9.17, 15) is 14.7 Å². The molecule has 1 fully saturated rings. The molecule has 6 heteroatoms. The Kier molecular flexibility index (Phi) is 4.63. The molecule has 2 heterocycles. The number of aromatic amines is 1. The second kappa shape index (κ2) is 6.72. The van der Waals surface area contributed by atoms with Crippen molar-refractivity contribution in [2.75, 3.05) is 13.7 Å². The first-order chi connectivity index (χ1) is 11.9. The standard InChI is InChI=1S/C19H22N2O4/c1-19(24,14-6-8-15(25-2)9-7-14)16-4-3-11-21(16)18(23)13-5-10-17(22)20-12-13/h5-10,12,16,24H,3-4,11H2,1-2H3,(H,20,22)/t16-,19+/m0/s1. The molecule has 0 saturated carbocycles.